The number of rotatable bonds is 9. The van der Waals surface area contributed by atoms with Crippen LogP contribution >= 0.6 is 0 Å². The molecule has 0 aliphatic carbocycles. The average Bonchev–Trinajstić information content (AvgIpc) is 2.72. The van der Waals surface area contributed by atoms with E-state index in [2.05, 4.69) is 0 Å². The van der Waals surface area contributed by atoms with E-state index in [1.165, 1.54) is 0 Å². The zero-order chi connectivity index (χ0) is 19.8. The molecule has 5 heteroatoms. The van der Waals surface area contributed by atoms with Gasteiger partial charge < -0.3 is 19.3 Å². The summed E-state index contributed by atoms with van der Waals surface area (Å²) in [6.45, 7) is 0.365. The zero-order valence-corrected chi connectivity index (χ0v) is 15.6. The van der Waals surface area contributed by atoms with Gasteiger partial charge >= 0.3 is 5.97 Å². The summed E-state index contributed by atoms with van der Waals surface area (Å²) in [6.07, 6.45) is 0.512. The van der Waals surface area contributed by atoms with Gasteiger partial charge in [-0.05, 0) is 60.0 Å². The summed E-state index contributed by atoms with van der Waals surface area (Å²) >= 11 is 0. The molecule has 28 heavy (non-hydrogen) atoms. The van der Waals surface area contributed by atoms with Gasteiger partial charge in [0.05, 0.1) is 7.11 Å². The van der Waals surface area contributed by atoms with E-state index in [1.54, 1.807) is 7.11 Å². The fourth-order valence-electron chi connectivity index (χ4n) is 2.73. The minimum atomic E-state index is -0.821. The van der Waals surface area contributed by atoms with Crippen LogP contribution in [0.25, 0.3) is 0 Å². The van der Waals surface area contributed by atoms with Crippen molar-refractivity contribution in [2.75, 3.05) is 7.11 Å². The maximum Gasteiger partial charge on any atom is 0.303 e. The van der Waals surface area contributed by atoms with Crippen LogP contribution < -0.4 is 14.2 Å². The fraction of sp³-hybridized carbons (Fsp3) is 0.174. The molecule has 0 spiro atoms. The summed E-state index contributed by atoms with van der Waals surface area (Å²) in [6, 6.07) is 22.6. The van der Waals surface area contributed by atoms with Gasteiger partial charge in [0.2, 0.25) is 0 Å². The smallest absolute Gasteiger partial charge is 0.303 e. The Bertz CT molecular complexity index is 918. The summed E-state index contributed by atoms with van der Waals surface area (Å²) in [5.74, 6) is 2.09. The lowest BCUT2D eigenvalue weighted by molar-refractivity contribution is -0.136. The third kappa shape index (κ3) is 5.51. The Morgan fingerprint density at radius 3 is 2.39 bits per heavy atom. The highest BCUT2D eigenvalue weighted by atomic mass is 16.5. The second kappa shape index (κ2) is 9.46. The van der Waals surface area contributed by atoms with Crippen molar-refractivity contribution in [2.24, 2.45) is 0 Å². The van der Waals surface area contributed by atoms with Crippen LogP contribution in [-0.4, -0.2) is 18.2 Å². The van der Waals surface area contributed by atoms with Crippen molar-refractivity contribution in [1.82, 2.24) is 0 Å². The Kier molecular flexibility index (Phi) is 6.52. The summed E-state index contributed by atoms with van der Waals surface area (Å²) in [5, 5.41) is 8.89. The fourth-order valence-corrected chi connectivity index (χ4v) is 2.73. The number of carboxylic acids is 1. The molecular formula is C23H22O5. The van der Waals surface area contributed by atoms with Gasteiger partial charge in [-0.1, -0.05) is 30.3 Å². The third-order valence-electron chi connectivity index (χ3n) is 4.17. The lowest BCUT2D eigenvalue weighted by Crippen LogP contribution is -2.02. The highest BCUT2D eigenvalue weighted by molar-refractivity contribution is 5.67. The third-order valence-corrected chi connectivity index (χ3v) is 4.17. The molecule has 3 aromatic carbocycles. The van der Waals surface area contributed by atoms with Crippen LogP contribution in [0.4, 0.5) is 0 Å². The van der Waals surface area contributed by atoms with Crippen molar-refractivity contribution in [3.63, 3.8) is 0 Å². The predicted octanol–water partition coefficient (Wildman–Crippen LogP) is 5.08. The Morgan fingerprint density at radius 2 is 1.64 bits per heavy atom. The highest BCUT2D eigenvalue weighted by Gasteiger charge is 2.07. The minimum absolute atomic E-state index is 0.0750. The van der Waals surface area contributed by atoms with Gasteiger partial charge in [-0.3, -0.25) is 4.79 Å². The van der Waals surface area contributed by atoms with Gasteiger partial charge in [-0.25, -0.2) is 0 Å². The van der Waals surface area contributed by atoms with Gasteiger partial charge in [-0.15, -0.1) is 0 Å². The maximum atomic E-state index is 10.8. The molecule has 1 N–H and O–H groups in total. The number of aryl methyl sites for hydroxylation is 1. The number of benzene rings is 3. The lowest BCUT2D eigenvalue weighted by atomic mass is 10.1. The van der Waals surface area contributed by atoms with E-state index in [4.69, 9.17) is 19.3 Å². The largest absolute Gasteiger partial charge is 0.497 e. The molecule has 0 unspecified atom stereocenters. The molecule has 0 radical (unpaired) electrons. The quantitative estimate of drug-likeness (QED) is 0.562. The SMILES string of the molecule is COc1ccc(Oc2cccc(COc3ccccc3CCC(=O)O)c2)cc1. The summed E-state index contributed by atoms with van der Waals surface area (Å²) in [5.41, 5.74) is 1.84. The number of carboxylic acid groups (broad SMARTS) is 1. The molecule has 0 aromatic heterocycles. The molecule has 3 aromatic rings. The molecule has 3 rings (SSSR count). The van der Waals surface area contributed by atoms with E-state index in [9.17, 15) is 4.79 Å². The number of carbonyl (C=O) groups is 1. The van der Waals surface area contributed by atoms with E-state index >= 15 is 0 Å². The molecule has 0 saturated heterocycles. The molecule has 5 nitrogen and oxygen atoms in total. The van der Waals surface area contributed by atoms with Crippen LogP contribution in [0.1, 0.15) is 17.5 Å². The molecule has 144 valence electrons. The number of ether oxygens (including phenoxy) is 3. The highest BCUT2D eigenvalue weighted by Crippen LogP contribution is 2.26. The lowest BCUT2D eigenvalue weighted by Gasteiger charge is -2.12. The van der Waals surface area contributed by atoms with Gasteiger partial charge in [-0.2, -0.15) is 0 Å². The Labute approximate surface area is 164 Å². The predicted molar refractivity (Wildman–Crippen MR) is 106 cm³/mol. The first-order valence-corrected chi connectivity index (χ1v) is 8.97. The van der Waals surface area contributed by atoms with E-state index in [0.717, 1.165) is 22.6 Å². The second-order valence-corrected chi connectivity index (χ2v) is 6.22. The summed E-state index contributed by atoms with van der Waals surface area (Å²) in [4.78, 5) is 10.8. The molecule has 0 aliphatic rings. The van der Waals surface area contributed by atoms with Crippen LogP contribution in [0.3, 0.4) is 0 Å². The zero-order valence-electron chi connectivity index (χ0n) is 15.6. The summed E-state index contributed by atoms with van der Waals surface area (Å²) in [7, 11) is 1.62. The normalized spacial score (nSPS) is 10.3. The first kappa shape index (κ1) is 19.3. The first-order chi connectivity index (χ1) is 13.6. The van der Waals surface area contributed by atoms with Gasteiger partial charge in [0, 0.05) is 6.42 Å². The van der Waals surface area contributed by atoms with Gasteiger partial charge in [0.1, 0.15) is 29.6 Å². The van der Waals surface area contributed by atoms with E-state index in [1.807, 2.05) is 72.8 Å². The monoisotopic (exact) mass is 378 g/mol. The Morgan fingerprint density at radius 1 is 0.893 bits per heavy atom. The number of methoxy groups -OCH3 is 1. The number of hydrogen-bond acceptors (Lipinski definition) is 4. The Balaban J connectivity index is 1.64. The van der Waals surface area contributed by atoms with Crippen LogP contribution in [0.2, 0.25) is 0 Å². The first-order valence-electron chi connectivity index (χ1n) is 8.97. The molecule has 0 saturated carbocycles. The molecule has 0 atom stereocenters. The molecular weight excluding hydrogens is 356 g/mol. The van der Waals surface area contributed by atoms with Crippen LogP contribution in [0, 0.1) is 0 Å². The average molecular weight is 378 g/mol. The minimum Gasteiger partial charge on any atom is -0.497 e. The van der Waals surface area contributed by atoms with Crippen molar-refractivity contribution < 1.29 is 24.1 Å². The molecule has 0 heterocycles. The maximum absolute atomic E-state index is 10.8. The van der Waals surface area contributed by atoms with E-state index < -0.39 is 5.97 Å². The van der Waals surface area contributed by atoms with Crippen molar-refractivity contribution in [2.45, 2.75) is 19.4 Å². The second-order valence-electron chi connectivity index (χ2n) is 6.22. The van der Waals surface area contributed by atoms with Crippen molar-refractivity contribution in [3.8, 4) is 23.0 Å². The van der Waals surface area contributed by atoms with E-state index in [-0.39, 0.29) is 6.42 Å². The Hall–Kier alpha value is -3.47. The van der Waals surface area contributed by atoms with Crippen LogP contribution in [0.15, 0.2) is 72.8 Å². The van der Waals surface area contributed by atoms with Gasteiger partial charge in [0.15, 0.2) is 0 Å². The molecule has 0 amide bonds. The van der Waals surface area contributed by atoms with Crippen LogP contribution in [0.5, 0.6) is 23.0 Å². The molecule has 0 fully saturated rings. The molecule has 0 bridgehead atoms. The number of para-hydroxylation sites is 1. The van der Waals surface area contributed by atoms with E-state index in [0.29, 0.717) is 24.5 Å². The summed E-state index contributed by atoms with van der Waals surface area (Å²) < 4.78 is 17.0. The van der Waals surface area contributed by atoms with Gasteiger partial charge in [0.25, 0.3) is 0 Å². The number of hydrogen-bond donors (Lipinski definition) is 1. The molecule has 0 aliphatic heterocycles. The van der Waals surface area contributed by atoms with Crippen molar-refractivity contribution in [3.05, 3.63) is 83.9 Å². The van der Waals surface area contributed by atoms with Crippen molar-refractivity contribution >= 4 is 5.97 Å². The number of aliphatic carboxylic acids is 1. The topological polar surface area (TPSA) is 65.0 Å². The standard InChI is InChI=1S/C23H22O5/c1-26-19-10-12-20(13-11-19)28-21-7-4-5-17(15-21)16-27-22-8-3-2-6-18(22)9-14-23(24)25/h2-8,10-13,15H,9,14,16H2,1H3,(H,24,25). The van der Waals surface area contributed by atoms with Crippen LogP contribution in [-0.2, 0) is 17.8 Å². The van der Waals surface area contributed by atoms with Crippen molar-refractivity contribution in [1.29, 1.82) is 0 Å².